The van der Waals surface area contributed by atoms with Gasteiger partial charge in [-0.2, -0.15) is 26.0 Å². The van der Waals surface area contributed by atoms with E-state index in [1.165, 1.54) is 0 Å². The fourth-order valence-electron chi connectivity index (χ4n) is 0.798. The van der Waals surface area contributed by atoms with Gasteiger partial charge < -0.3 is 0 Å². The lowest BCUT2D eigenvalue weighted by Gasteiger charge is -2.10. The van der Waals surface area contributed by atoms with E-state index >= 15 is 0 Å². The molecule has 0 aliphatic heterocycles. The van der Waals surface area contributed by atoms with Gasteiger partial charge >= 0.3 is 15.4 Å². The van der Waals surface area contributed by atoms with Crippen molar-refractivity contribution in [1.29, 1.82) is 0 Å². The molecule has 0 amide bonds. The van der Waals surface area contributed by atoms with Gasteiger partial charge in [-0.1, -0.05) is 0 Å². The second-order valence-electron chi connectivity index (χ2n) is 2.72. The van der Waals surface area contributed by atoms with E-state index in [0.29, 0.717) is 0 Å². The zero-order valence-electron chi connectivity index (χ0n) is 7.18. The maximum absolute atomic E-state index is 12.7. The van der Waals surface area contributed by atoms with Gasteiger partial charge in [0.1, 0.15) is 0 Å². The van der Waals surface area contributed by atoms with Crippen LogP contribution in [0.4, 0.5) is 22.0 Å². The summed E-state index contributed by atoms with van der Waals surface area (Å²) in [5.74, 6) is -3.84. The molecule has 0 aromatic carbocycles. The summed E-state index contributed by atoms with van der Waals surface area (Å²) in [5.41, 5.74) is 0. The van der Waals surface area contributed by atoms with Crippen LogP contribution in [0.15, 0.2) is 0 Å². The average molecular weight is 282 g/mol. The molecule has 0 atom stereocenters. The Morgan fingerprint density at radius 3 is 2.00 bits per heavy atom. The highest BCUT2D eigenvalue weighted by molar-refractivity contribution is 7.86. The summed E-state index contributed by atoms with van der Waals surface area (Å²) in [7, 11) is -5.76. The molecule has 0 bridgehead atoms. The van der Waals surface area contributed by atoms with Gasteiger partial charge in [0.15, 0.2) is 5.82 Å². The predicted molar refractivity (Wildman–Crippen MR) is 44.4 cm³/mol. The number of rotatable bonds is 3. The van der Waals surface area contributed by atoms with Crippen LogP contribution in [-0.4, -0.2) is 18.2 Å². The molecule has 1 rings (SSSR count). The first-order chi connectivity index (χ1) is 7.06. The maximum Gasteiger partial charge on any atom is 0.374 e. The first-order valence-electron chi connectivity index (χ1n) is 3.53. The van der Waals surface area contributed by atoms with Crippen LogP contribution in [0.25, 0.3) is 0 Å². The molecule has 1 aromatic rings. The molecule has 10 heteroatoms. The minimum absolute atomic E-state index is 0.288. The highest BCUT2D eigenvalue weighted by Crippen LogP contribution is 2.32. The highest BCUT2D eigenvalue weighted by Gasteiger charge is 2.45. The van der Waals surface area contributed by atoms with Crippen LogP contribution in [0.1, 0.15) is 4.88 Å². The molecular formula is C6H3F5O3S2. The Kier molecular flexibility index (Phi) is 3.27. The van der Waals surface area contributed by atoms with Gasteiger partial charge in [0, 0.05) is 0 Å². The standard InChI is InChI=1S/C6H3F5O3S2/c7-3-2(15-5(9)4(3)8)1-6(10,11)16(12,13)14/h1H2,(H,12,13,14). The molecular weight excluding hydrogens is 279 g/mol. The fraction of sp³-hybridized carbons (Fsp3) is 0.333. The van der Waals surface area contributed by atoms with Crippen molar-refractivity contribution in [3.63, 3.8) is 0 Å². The van der Waals surface area contributed by atoms with Crippen molar-refractivity contribution >= 4 is 21.5 Å². The van der Waals surface area contributed by atoms with Crippen molar-refractivity contribution < 1.29 is 34.9 Å². The van der Waals surface area contributed by atoms with E-state index in [-0.39, 0.29) is 11.3 Å². The molecule has 0 unspecified atom stereocenters. The quantitative estimate of drug-likeness (QED) is 0.683. The minimum atomic E-state index is -5.76. The van der Waals surface area contributed by atoms with Crippen LogP contribution >= 0.6 is 11.3 Å². The summed E-state index contributed by atoms with van der Waals surface area (Å²) >= 11 is -0.288. The van der Waals surface area contributed by atoms with Crippen LogP contribution in [0.3, 0.4) is 0 Å². The molecule has 0 saturated carbocycles. The molecule has 0 aliphatic rings. The molecule has 0 spiro atoms. The number of hydrogen-bond acceptors (Lipinski definition) is 3. The molecule has 0 fully saturated rings. The second kappa shape index (κ2) is 3.93. The van der Waals surface area contributed by atoms with Crippen molar-refractivity contribution in [1.82, 2.24) is 0 Å². The molecule has 3 nitrogen and oxygen atoms in total. The van der Waals surface area contributed by atoms with Crippen LogP contribution in [-0.2, 0) is 16.5 Å². The Bertz CT molecular complexity index is 506. The summed E-state index contributed by atoms with van der Waals surface area (Å²) in [6, 6.07) is 0. The Morgan fingerprint density at radius 1 is 1.19 bits per heavy atom. The normalized spacial score (nSPS) is 13.1. The zero-order chi connectivity index (χ0) is 12.7. The van der Waals surface area contributed by atoms with E-state index in [1.807, 2.05) is 0 Å². The van der Waals surface area contributed by atoms with Gasteiger partial charge in [0.2, 0.25) is 10.9 Å². The lowest BCUT2D eigenvalue weighted by molar-refractivity contribution is 0.0812. The van der Waals surface area contributed by atoms with Crippen molar-refractivity contribution in [2.45, 2.75) is 11.7 Å². The molecule has 1 N–H and O–H groups in total. The lowest BCUT2D eigenvalue weighted by Crippen LogP contribution is -2.30. The van der Waals surface area contributed by atoms with E-state index in [1.54, 1.807) is 0 Å². The van der Waals surface area contributed by atoms with Crippen molar-refractivity contribution in [3.8, 4) is 0 Å². The van der Waals surface area contributed by atoms with Gasteiger partial charge in [-0.25, -0.2) is 4.39 Å². The molecule has 0 radical (unpaired) electrons. The summed E-state index contributed by atoms with van der Waals surface area (Å²) in [4.78, 5) is -1.13. The molecule has 92 valence electrons. The van der Waals surface area contributed by atoms with E-state index < -0.39 is 43.4 Å². The Balaban J connectivity index is 3.11. The van der Waals surface area contributed by atoms with Crippen molar-refractivity contribution in [2.75, 3.05) is 0 Å². The monoisotopic (exact) mass is 282 g/mol. The SMILES string of the molecule is O=S(=O)(O)C(F)(F)Cc1sc(F)c(F)c1F. The average Bonchev–Trinajstić information content (AvgIpc) is 2.31. The molecule has 0 aliphatic carbocycles. The fourth-order valence-corrected chi connectivity index (χ4v) is 2.04. The predicted octanol–water partition coefficient (Wildman–Crippen LogP) is 2.19. The van der Waals surface area contributed by atoms with Crippen LogP contribution in [0.2, 0.25) is 0 Å². The largest absolute Gasteiger partial charge is 0.374 e. The number of alkyl halides is 2. The Hall–Kier alpha value is -0.740. The third-order valence-electron chi connectivity index (χ3n) is 1.57. The number of thiophene rings is 1. The molecule has 0 saturated heterocycles. The number of hydrogen-bond donors (Lipinski definition) is 1. The zero-order valence-corrected chi connectivity index (χ0v) is 8.81. The van der Waals surface area contributed by atoms with Crippen molar-refractivity contribution in [3.05, 3.63) is 21.6 Å². The van der Waals surface area contributed by atoms with Gasteiger partial charge in [-0.3, -0.25) is 4.55 Å². The smallest absolute Gasteiger partial charge is 0.281 e. The third kappa shape index (κ3) is 2.33. The van der Waals surface area contributed by atoms with Gasteiger partial charge in [-0.15, -0.1) is 11.3 Å². The topological polar surface area (TPSA) is 54.4 Å². The van der Waals surface area contributed by atoms with Gasteiger partial charge in [0.05, 0.1) is 11.3 Å². The number of halogens is 5. The molecule has 1 heterocycles. The second-order valence-corrected chi connectivity index (χ2v) is 5.32. The summed E-state index contributed by atoms with van der Waals surface area (Å²) < 4.78 is 91.4. The van der Waals surface area contributed by atoms with E-state index in [4.69, 9.17) is 4.55 Å². The highest BCUT2D eigenvalue weighted by atomic mass is 32.2. The van der Waals surface area contributed by atoms with Gasteiger partial charge in [-0.05, 0) is 0 Å². The molecule has 1 aromatic heterocycles. The minimum Gasteiger partial charge on any atom is -0.281 e. The first kappa shape index (κ1) is 13.3. The summed E-state index contributed by atoms with van der Waals surface area (Å²) in [6.45, 7) is 0. The molecule has 16 heavy (non-hydrogen) atoms. The Labute approximate surface area is 90.3 Å². The van der Waals surface area contributed by atoms with Crippen LogP contribution < -0.4 is 0 Å². The third-order valence-corrected chi connectivity index (χ3v) is 3.39. The van der Waals surface area contributed by atoms with E-state index in [2.05, 4.69) is 0 Å². The van der Waals surface area contributed by atoms with E-state index in [9.17, 15) is 30.4 Å². The first-order valence-corrected chi connectivity index (χ1v) is 5.79. The summed E-state index contributed by atoms with van der Waals surface area (Å²) in [6.07, 6.45) is -1.83. The van der Waals surface area contributed by atoms with Crippen LogP contribution in [0.5, 0.6) is 0 Å². The summed E-state index contributed by atoms with van der Waals surface area (Å²) in [5, 5.41) is -6.36. The lowest BCUT2D eigenvalue weighted by atomic mass is 10.3. The van der Waals surface area contributed by atoms with Crippen molar-refractivity contribution in [2.24, 2.45) is 0 Å². The van der Waals surface area contributed by atoms with Gasteiger partial charge in [0.25, 0.3) is 0 Å². The van der Waals surface area contributed by atoms with Crippen LogP contribution in [0, 0.1) is 16.8 Å². The maximum atomic E-state index is 12.7. The van der Waals surface area contributed by atoms with E-state index in [0.717, 1.165) is 0 Å². The Morgan fingerprint density at radius 2 is 1.69 bits per heavy atom.